The van der Waals surface area contributed by atoms with Crippen LogP contribution in [0.25, 0.3) is 0 Å². The first-order valence-corrected chi connectivity index (χ1v) is 9.01. The van der Waals surface area contributed by atoms with E-state index in [1.807, 2.05) is 24.3 Å². The molecular formula is C21H28N2O3. The van der Waals surface area contributed by atoms with Gasteiger partial charge in [-0.2, -0.15) is 0 Å². The molecule has 0 aromatic heterocycles. The highest BCUT2D eigenvalue weighted by atomic mass is 16.5. The summed E-state index contributed by atoms with van der Waals surface area (Å²) in [6, 6.07) is 13.0. The first-order chi connectivity index (χ1) is 12.6. The predicted molar refractivity (Wildman–Crippen MR) is 107 cm³/mol. The van der Waals surface area contributed by atoms with Crippen molar-refractivity contribution in [2.24, 2.45) is 0 Å². The van der Waals surface area contributed by atoms with Gasteiger partial charge >= 0.3 is 0 Å². The van der Waals surface area contributed by atoms with Gasteiger partial charge in [-0.3, -0.25) is 4.79 Å². The lowest BCUT2D eigenvalue weighted by molar-refractivity contribution is 0.102. The number of ether oxygens (including phenoxy) is 2. The normalized spacial score (nSPS) is 10.3. The highest BCUT2D eigenvalue weighted by molar-refractivity contribution is 6.05. The van der Waals surface area contributed by atoms with E-state index in [0.29, 0.717) is 22.7 Å². The van der Waals surface area contributed by atoms with Crippen molar-refractivity contribution in [1.82, 2.24) is 0 Å². The van der Waals surface area contributed by atoms with Gasteiger partial charge in [-0.15, -0.1) is 0 Å². The van der Waals surface area contributed by atoms with E-state index in [1.54, 1.807) is 32.4 Å². The first kappa shape index (κ1) is 19.6. The van der Waals surface area contributed by atoms with Gasteiger partial charge in [0.2, 0.25) is 0 Å². The van der Waals surface area contributed by atoms with Crippen molar-refractivity contribution >= 4 is 17.3 Å². The molecule has 0 heterocycles. The van der Waals surface area contributed by atoms with Gasteiger partial charge in [0.15, 0.2) is 0 Å². The summed E-state index contributed by atoms with van der Waals surface area (Å²) in [5, 5.41) is 2.89. The van der Waals surface area contributed by atoms with Crippen LogP contribution in [0, 0.1) is 0 Å². The van der Waals surface area contributed by atoms with Crippen molar-refractivity contribution in [3.8, 4) is 11.5 Å². The maximum atomic E-state index is 12.5. The number of carbonyl (C=O) groups excluding carboxylic acids is 1. The van der Waals surface area contributed by atoms with E-state index in [1.165, 1.54) is 6.42 Å². The number of nitrogens with zero attached hydrogens (tertiary/aromatic N) is 1. The van der Waals surface area contributed by atoms with Crippen LogP contribution in [0.1, 0.15) is 37.0 Å². The average Bonchev–Trinajstić information content (AvgIpc) is 2.69. The second-order valence-corrected chi connectivity index (χ2v) is 6.00. The van der Waals surface area contributed by atoms with Crippen LogP contribution in [-0.4, -0.2) is 33.2 Å². The lowest BCUT2D eigenvalue weighted by atomic mass is 10.1. The van der Waals surface area contributed by atoms with Crippen molar-refractivity contribution in [3.63, 3.8) is 0 Å². The molecule has 2 aromatic carbocycles. The Morgan fingerprint density at radius 1 is 1.04 bits per heavy atom. The summed E-state index contributed by atoms with van der Waals surface area (Å²) in [6.45, 7) is 6.32. The van der Waals surface area contributed by atoms with Crippen molar-refractivity contribution < 1.29 is 14.3 Å². The number of hydrogen-bond acceptors (Lipinski definition) is 4. The number of nitrogens with one attached hydrogen (secondary N) is 1. The number of unbranched alkanes of at least 4 members (excludes halogenated alkanes) is 1. The van der Waals surface area contributed by atoms with Gasteiger partial charge in [0.25, 0.3) is 5.91 Å². The van der Waals surface area contributed by atoms with Crippen LogP contribution in [-0.2, 0) is 0 Å². The molecule has 0 aliphatic heterocycles. The largest absolute Gasteiger partial charge is 0.497 e. The molecule has 1 amide bonds. The van der Waals surface area contributed by atoms with Crippen molar-refractivity contribution in [2.75, 3.05) is 37.5 Å². The van der Waals surface area contributed by atoms with Gasteiger partial charge in [0, 0.05) is 30.4 Å². The highest BCUT2D eigenvalue weighted by Crippen LogP contribution is 2.29. The monoisotopic (exact) mass is 356 g/mol. The maximum Gasteiger partial charge on any atom is 0.255 e. The van der Waals surface area contributed by atoms with Crippen LogP contribution in [0.5, 0.6) is 11.5 Å². The van der Waals surface area contributed by atoms with E-state index in [-0.39, 0.29) is 5.91 Å². The SMILES string of the molecule is CCCCN(CC)c1ccc(C(=O)Nc2ccc(OC)cc2OC)cc1. The Morgan fingerprint density at radius 3 is 2.35 bits per heavy atom. The minimum atomic E-state index is -0.170. The minimum absolute atomic E-state index is 0.170. The van der Waals surface area contributed by atoms with E-state index >= 15 is 0 Å². The van der Waals surface area contributed by atoms with Crippen LogP contribution >= 0.6 is 0 Å². The molecule has 0 atom stereocenters. The third-order valence-corrected chi connectivity index (χ3v) is 4.31. The molecule has 0 aliphatic carbocycles. The van der Waals surface area contributed by atoms with Gasteiger partial charge in [-0.25, -0.2) is 0 Å². The maximum absolute atomic E-state index is 12.5. The van der Waals surface area contributed by atoms with Crippen molar-refractivity contribution in [3.05, 3.63) is 48.0 Å². The summed E-state index contributed by atoms with van der Waals surface area (Å²) in [6.07, 6.45) is 2.33. The quantitative estimate of drug-likeness (QED) is 0.714. The van der Waals surface area contributed by atoms with Crippen LogP contribution in [0.4, 0.5) is 11.4 Å². The predicted octanol–water partition coefficient (Wildman–Crippen LogP) is 4.58. The van der Waals surface area contributed by atoms with Crippen LogP contribution < -0.4 is 19.7 Å². The molecule has 5 heteroatoms. The molecule has 0 saturated carbocycles. The number of rotatable bonds is 9. The molecule has 0 radical (unpaired) electrons. The van der Waals surface area contributed by atoms with E-state index in [4.69, 9.17) is 9.47 Å². The zero-order valence-corrected chi connectivity index (χ0v) is 16.0. The third kappa shape index (κ3) is 4.91. The molecule has 0 saturated heterocycles. The Balaban J connectivity index is 2.10. The lowest BCUT2D eigenvalue weighted by Crippen LogP contribution is -2.23. The number of carbonyl (C=O) groups is 1. The lowest BCUT2D eigenvalue weighted by Gasteiger charge is -2.23. The molecule has 0 aliphatic rings. The molecule has 0 spiro atoms. The minimum Gasteiger partial charge on any atom is -0.497 e. The molecule has 1 N–H and O–H groups in total. The fraction of sp³-hybridized carbons (Fsp3) is 0.381. The molecular weight excluding hydrogens is 328 g/mol. The van der Waals surface area contributed by atoms with Crippen molar-refractivity contribution in [2.45, 2.75) is 26.7 Å². The van der Waals surface area contributed by atoms with E-state index < -0.39 is 0 Å². The molecule has 140 valence electrons. The molecule has 0 fully saturated rings. The molecule has 26 heavy (non-hydrogen) atoms. The smallest absolute Gasteiger partial charge is 0.255 e. The summed E-state index contributed by atoms with van der Waals surface area (Å²) in [7, 11) is 3.16. The molecule has 2 rings (SSSR count). The van der Waals surface area contributed by atoms with Crippen LogP contribution in [0.2, 0.25) is 0 Å². The topological polar surface area (TPSA) is 50.8 Å². The Labute approximate surface area is 155 Å². The van der Waals surface area contributed by atoms with Crippen LogP contribution in [0.3, 0.4) is 0 Å². The summed E-state index contributed by atoms with van der Waals surface area (Å²) in [5.74, 6) is 1.07. The van der Waals surface area contributed by atoms with Crippen molar-refractivity contribution in [1.29, 1.82) is 0 Å². The first-order valence-electron chi connectivity index (χ1n) is 9.01. The third-order valence-electron chi connectivity index (χ3n) is 4.31. The number of methoxy groups -OCH3 is 2. The van der Waals surface area contributed by atoms with Gasteiger partial charge in [0.1, 0.15) is 11.5 Å². The fourth-order valence-electron chi connectivity index (χ4n) is 2.74. The number of amides is 1. The molecule has 5 nitrogen and oxygen atoms in total. The summed E-state index contributed by atoms with van der Waals surface area (Å²) in [5.41, 5.74) is 2.36. The fourth-order valence-corrected chi connectivity index (χ4v) is 2.74. The number of benzene rings is 2. The summed E-state index contributed by atoms with van der Waals surface area (Å²) in [4.78, 5) is 14.9. The summed E-state index contributed by atoms with van der Waals surface area (Å²) < 4.78 is 10.5. The van der Waals surface area contributed by atoms with Gasteiger partial charge < -0.3 is 19.7 Å². The average molecular weight is 356 g/mol. The highest BCUT2D eigenvalue weighted by Gasteiger charge is 2.12. The number of hydrogen-bond donors (Lipinski definition) is 1. The van der Waals surface area contributed by atoms with Gasteiger partial charge in [-0.1, -0.05) is 13.3 Å². The van der Waals surface area contributed by atoms with Gasteiger partial charge in [-0.05, 0) is 49.7 Å². The molecule has 2 aromatic rings. The standard InChI is InChI=1S/C21H28N2O3/c1-5-7-14-23(6-2)17-10-8-16(9-11-17)21(24)22-19-13-12-18(25-3)15-20(19)26-4/h8-13,15H,5-7,14H2,1-4H3,(H,22,24). The Hall–Kier alpha value is -2.69. The zero-order chi connectivity index (χ0) is 18.9. The second-order valence-electron chi connectivity index (χ2n) is 6.00. The summed E-state index contributed by atoms with van der Waals surface area (Å²) >= 11 is 0. The molecule has 0 bridgehead atoms. The zero-order valence-electron chi connectivity index (χ0n) is 16.0. The number of anilines is 2. The van der Waals surface area contributed by atoms with E-state index in [0.717, 1.165) is 25.2 Å². The van der Waals surface area contributed by atoms with E-state index in [2.05, 4.69) is 24.1 Å². The Bertz CT molecular complexity index is 714. The Kier molecular flexibility index (Phi) is 7.33. The van der Waals surface area contributed by atoms with Gasteiger partial charge in [0.05, 0.1) is 19.9 Å². The Morgan fingerprint density at radius 2 is 1.77 bits per heavy atom. The molecule has 0 unspecified atom stereocenters. The van der Waals surface area contributed by atoms with Crippen LogP contribution in [0.15, 0.2) is 42.5 Å². The second kappa shape index (κ2) is 9.70. The van der Waals surface area contributed by atoms with E-state index in [9.17, 15) is 4.79 Å².